The van der Waals surface area contributed by atoms with Gasteiger partial charge in [0, 0.05) is 23.4 Å². The monoisotopic (exact) mass is 272 g/mol. The smallest absolute Gasteiger partial charge is 0.141 e. The molecular formula is C16H20N2S. The third kappa shape index (κ3) is 2.61. The van der Waals surface area contributed by atoms with Crippen molar-refractivity contribution in [3.63, 3.8) is 0 Å². The van der Waals surface area contributed by atoms with Crippen LogP contribution in [0.2, 0.25) is 0 Å². The highest BCUT2D eigenvalue weighted by molar-refractivity contribution is 7.71. The molecule has 2 aromatic rings. The molecule has 1 aromatic heterocycles. The predicted octanol–water partition coefficient (Wildman–Crippen LogP) is 4.42. The fourth-order valence-corrected chi connectivity index (χ4v) is 2.86. The van der Waals surface area contributed by atoms with Crippen LogP contribution in [0.15, 0.2) is 30.3 Å². The summed E-state index contributed by atoms with van der Waals surface area (Å²) < 4.78 is 3.08. The van der Waals surface area contributed by atoms with Crippen molar-refractivity contribution >= 4 is 12.2 Å². The van der Waals surface area contributed by atoms with E-state index < -0.39 is 0 Å². The molecule has 2 rings (SSSR count). The summed E-state index contributed by atoms with van der Waals surface area (Å²) in [5.41, 5.74) is 3.49. The quantitative estimate of drug-likeness (QED) is 0.767. The summed E-state index contributed by atoms with van der Waals surface area (Å²) in [5, 5.41) is 0. The number of hydrogen-bond donors (Lipinski definition) is 0. The van der Waals surface area contributed by atoms with Gasteiger partial charge >= 0.3 is 0 Å². The predicted molar refractivity (Wildman–Crippen MR) is 82.9 cm³/mol. The largest absolute Gasteiger partial charge is 0.317 e. The molecular weight excluding hydrogens is 252 g/mol. The van der Waals surface area contributed by atoms with Crippen molar-refractivity contribution in [2.75, 3.05) is 0 Å². The number of aryl methyl sites for hydroxylation is 1. The van der Waals surface area contributed by atoms with E-state index in [1.165, 1.54) is 5.56 Å². The van der Waals surface area contributed by atoms with Crippen molar-refractivity contribution in [1.29, 1.82) is 0 Å². The summed E-state index contributed by atoms with van der Waals surface area (Å²) in [6, 6.07) is 10.3. The molecule has 0 fully saturated rings. The molecule has 3 heteroatoms. The SMILES string of the molecule is CCc1nc(-c2ccccc2)n(CC)c(=S)c1CC. The first-order valence-corrected chi connectivity index (χ1v) is 7.31. The minimum absolute atomic E-state index is 0.854. The van der Waals surface area contributed by atoms with Gasteiger partial charge in [0.25, 0.3) is 0 Å². The number of rotatable bonds is 4. The molecule has 0 aliphatic rings. The fourth-order valence-electron chi connectivity index (χ4n) is 2.39. The maximum atomic E-state index is 5.65. The summed E-state index contributed by atoms with van der Waals surface area (Å²) >= 11 is 5.65. The molecule has 0 radical (unpaired) electrons. The van der Waals surface area contributed by atoms with Gasteiger partial charge < -0.3 is 4.57 Å². The van der Waals surface area contributed by atoms with Gasteiger partial charge in [-0.15, -0.1) is 0 Å². The van der Waals surface area contributed by atoms with Gasteiger partial charge in [-0.3, -0.25) is 0 Å². The van der Waals surface area contributed by atoms with Crippen LogP contribution in [0.1, 0.15) is 32.0 Å². The lowest BCUT2D eigenvalue weighted by molar-refractivity contribution is 0.711. The fraction of sp³-hybridized carbons (Fsp3) is 0.375. The van der Waals surface area contributed by atoms with Gasteiger partial charge in [0.05, 0.1) is 0 Å². The molecule has 0 unspecified atom stereocenters. The molecule has 0 aliphatic carbocycles. The molecule has 1 heterocycles. The topological polar surface area (TPSA) is 17.8 Å². The van der Waals surface area contributed by atoms with E-state index in [0.717, 1.165) is 41.1 Å². The first kappa shape index (κ1) is 13.9. The first-order valence-electron chi connectivity index (χ1n) is 6.90. The van der Waals surface area contributed by atoms with Gasteiger partial charge in [-0.1, -0.05) is 56.4 Å². The van der Waals surface area contributed by atoms with Crippen LogP contribution in [0.4, 0.5) is 0 Å². The highest BCUT2D eigenvalue weighted by Crippen LogP contribution is 2.21. The number of hydrogen-bond acceptors (Lipinski definition) is 2. The van der Waals surface area contributed by atoms with Crippen molar-refractivity contribution < 1.29 is 0 Å². The van der Waals surface area contributed by atoms with Crippen molar-refractivity contribution in [2.45, 2.75) is 40.2 Å². The van der Waals surface area contributed by atoms with Crippen LogP contribution < -0.4 is 0 Å². The zero-order chi connectivity index (χ0) is 13.8. The normalized spacial score (nSPS) is 10.7. The Morgan fingerprint density at radius 2 is 1.74 bits per heavy atom. The molecule has 0 saturated carbocycles. The maximum absolute atomic E-state index is 5.65. The van der Waals surface area contributed by atoms with E-state index >= 15 is 0 Å². The summed E-state index contributed by atoms with van der Waals surface area (Å²) in [6.45, 7) is 7.26. The van der Waals surface area contributed by atoms with Crippen LogP contribution in [0.25, 0.3) is 11.4 Å². The molecule has 1 aromatic carbocycles. The molecule has 0 atom stereocenters. The van der Waals surface area contributed by atoms with Crippen LogP contribution in [0, 0.1) is 4.64 Å². The van der Waals surface area contributed by atoms with Crippen LogP contribution >= 0.6 is 12.2 Å². The molecule has 0 N–H and O–H groups in total. The summed E-state index contributed by atoms with van der Waals surface area (Å²) in [6.07, 6.45) is 1.88. The highest BCUT2D eigenvalue weighted by atomic mass is 32.1. The molecule has 0 bridgehead atoms. The molecule has 100 valence electrons. The lowest BCUT2D eigenvalue weighted by Crippen LogP contribution is -2.11. The Morgan fingerprint density at radius 1 is 1.05 bits per heavy atom. The Hall–Kier alpha value is -1.48. The van der Waals surface area contributed by atoms with Crippen LogP contribution in [-0.2, 0) is 19.4 Å². The highest BCUT2D eigenvalue weighted by Gasteiger charge is 2.12. The Labute approximate surface area is 120 Å². The lowest BCUT2D eigenvalue weighted by Gasteiger charge is -2.16. The molecule has 2 nitrogen and oxygen atoms in total. The second-order valence-corrected chi connectivity index (χ2v) is 4.87. The van der Waals surface area contributed by atoms with Crippen molar-refractivity contribution in [3.05, 3.63) is 46.2 Å². The molecule has 0 amide bonds. The Morgan fingerprint density at radius 3 is 2.26 bits per heavy atom. The maximum Gasteiger partial charge on any atom is 0.141 e. The van der Waals surface area contributed by atoms with Crippen molar-refractivity contribution in [1.82, 2.24) is 9.55 Å². The number of nitrogens with zero attached hydrogens (tertiary/aromatic N) is 2. The minimum atomic E-state index is 0.854. The van der Waals surface area contributed by atoms with E-state index in [4.69, 9.17) is 17.2 Å². The Kier molecular flexibility index (Phi) is 4.48. The Bertz CT molecular complexity index is 615. The van der Waals surface area contributed by atoms with E-state index in [-0.39, 0.29) is 0 Å². The summed E-state index contributed by atoms with van der Waals surface area (Å²) in [5.74, 6) is 0.988. The number of benzene rings is 1. The van der Waals surface area contributed by atoms with Crippen LogP contribution in [-0.4, -0.2) is 9.55 Å². The van der Waals surface area contributed by atoms with Crippen LogP contribution in [0.3, 0.4) is 0 Å². The second kappa shape index (κ2) is 6.11. The van der Waals surface area contributed by atoms with Gasteiger partial charge in [0.1, 0.15) is 10.5 Å². The standard InChI is InChI=1S/C16H20N2S/c1-4-13-14(5-2)17-15(18(6-3)16(13)19)12-10-8-7-9-11-12/h7-11H,4-6H2,1-3H3. The van der Waals surface area contributed by atoms with Crippen molar-refractivity contribution in [3.8, 4) is 11.4 Å². The molecule has 19 heavy (non-hydrogen) atoms. The zero-order valence-corrected chi connectivity index (χ0v) is 12.6. The number of aromatic nitrogens is 2. The van der Waals surface area contributed by atoms with E-state index in [2.05, 4.69) is 37.5 Å². The van der Waals surface area contributed by atoms with Gasteiger partial charge in [-0.2, -0.15) is 0 Å². The third-order valence-electron chi connectivity index (χ3n) is 3.38. The van der Waals surface area contributed by atoms with E-state index in [9.17, 15) is 0 Å². The zero-order valence-electron chi connectivity index (χ0n) is 11.8. The van der Waals surface area contributed by atoms with Gasteiger partial charge in [-0.25, -0.2) is 4.98 Å². The van der Waals surface area contributed by atoms with E-state index in [1.807, 2.05) is 18.2 Å². The Balaban J connectivity index is 2.74. The first-order chi connectivity index (χ1) is 9.22. The lowest BCUT2D eigenvalue weighted by atomic mass is 10.1. The second-order valence-electron chi connectivity index (χ2n) is 4.48. The average molecular weight is 272 g/mol. The molecule has 0 spiro atoms. The van der Waals surface area contributed by atoms with Crippen LogP contribution in [0.5, 0.6) is 0 Å². The average Bonchev–Trinajstić information content (AvgIpc) is 2.47. The van der Waals surface area contributed by atoms with E-state index in [0.29, 0.717) is 0 Å². The third-order valence-corrected chi connectivity index (χ3v) is 3.85. The van der Waals surface area contributed by atoms with Gasteiger partial charge in [-0.05, 0) is 19.8 Å². The molecule has 0 saturated heterocycles. The summed E-state index contributed by atoms with van der Waals surface area (Å²) in [7, 11) is 0. The van der Waals surface area contributed by atoms with Gasteiger partial charge in [0.15, 0.2) is 0 Å². The van der Waals surface area contributed by atoms with Gasteiger partial charge in [0.2, 0.25) is 0 Å². The van der Waals surface area contributed by atoms with Crippen molar-refractivity contribution in [2.24, 2.45) is 0 Å². The van der Waals surface area contributed by atoms with E-state index in [1.54, 1.807) is 0 Å². The minimum Gasteiger partial charge on any atom is -0.317 e. The molecule has 0 aliphatic heterocycles. The summed E-state index contributed by atoms with van der Waals surface area (Å²) in [4.78, 5) is 4.86.